The van der Waals surface area contributed by atoms with E-state index in [-0.39, 0.29) is 0 Å². The first kappa shape index (κ1) is 20.1. The lowest BCUT2D eigenvalue weighted by Gasteiger charge is -2.14. The van der Waals surface area contributed by atoms with Crippen LogP contribution in [0.1, 0.15) is 19.4 Å². The highest BCUT2D eigenvalue weighted by molar-refractivity contribution is 7.77. The van der Waals surface area contributed by atoms with E-state index >= 15 is 0 Å². The van der Waals surface area contributed by atoms with Gasteiger partial charge in [-0.25, -0.2) is 0 Å². The molecule has 1 heterocycles. The van der Waals surface area contributed by atoms with Gasteiger partial charge in [0.1, 0.15) is 11.8 Å². The largest absolute Gasteiger partial charge is 0.497 e. The summed E-state index contributed by atoms with van der Waals surface area (Å²) in [4.78, 5) is 0. The molecule has 3 rings (SSSR count). The molecular formula is C22H26N4OS. The second-order valence-electron chi connectivity index (χ2n) is 6.51. The fraction of sp³-hybridized carbons (Fsp3) is 0.318. The molecule has 0 aliphatic heterocycles. The van der Waals surface area contributed by atoms with Gasteiger partial charge in [-0.1, -0.05) is 31.9 Å². The number of aryl methyl sites for hydroxylation is 1. The molecule has 1 N–H and O–H groups in total. The molecule has 0 bridgehead atoms. The lowest BCUT2D eigenvalue weighted by atomic mass is 10.1. The summed E-state index contributed by atoms with van der Waals surface area (Å²) in [5.74, 6) is 0.792. The molecule has 0 amide bonds. The molecule has 0 saturated heterocycles. The van der Waals surface area contributed by atoms with Crippen molar-refractivity contribution in [3.63, 3.8) is 0 Å². The quantitative estimate of drug-likeness (QED) is 0.540. The van der Waals surface area contributed by atoms with Crippen LogP contribution in [0.4, 0.5) is 5.69 Å². The number of fused-ring (bicyclic) bond motifs is 1. The minimum Gasteiger partial charge on any atom is -0.497 e. The molecule has 0 fully saturated rings. The first-order valence-electron chi connectivity index (χ1n) is 9.51. The summed E-state index contributed by atoms with van der Waals surface area (Å²) in [5, 5.41) is 14.2. The first-order valence-corrected chi connectivity index (χ1v) is 9.91. The van der Waals surface area contributed by atoms with Crippen LogP contribution in [0, 0.1) is 11.3 Å². The highest BCUT2D eigenvalue weighted by atomic mass is 32.1. The van der Waals surface area contributed by atoms with Crippen molar-refractivity contribution in [1.29, 1.82) is 5.26 Å². The number of aromatic nitrogens is 1. The number of thiol groups is 1. The Hall–Kier alpha value is -2.62. The Morgan fingerprint density at radius 3 is 2.54 bits per heavy atom. The molecule has 3 aromatic rings. The number of nitriles is 1. The van der Waals surface area contributed by atoms with Crippen LogP contribution >= 0.6 is 12.8 Å². The summed E-state index contributed by atoms with van der Waals surface area (Å²) in [6.07, 6.45) is 0. The molecule has 0 radical (unpaired) electrons. The van der Waals surface area contributed by atoms with E-state index in [4.69, 9.17) is 4.74 Å². The maximum atomic E-state index is 9.84. The van der Waals surface area contributed by atoms with E-state index in [1.807, 2.05) is 22.5 Å². The number of hydrogen-bond donors (Lipinski definition) is 2. The zero-order valence-corrected chi connectivity index (χ0v) is 17.5. The van der Waals surface area contributed by atoms with Crippen LogP contribution in [-0.4, -0.2) is 35.6 Å². The Labute approximate surface area is 172 Å². The van der Waals surface area contributed by atoms with Crippen LogP contribution in [0.3, 0.4) is 0 Å². The van der Waals surface area contributed by atoms with Gasteiger partial charge >= 0.3 is 0 Å². The van der Waals surface area contributed by atoms with Gasteiger partial charge < -0.3 is 14.6 Å². The predicted molar refractivity (Wildman–Crippen MR) is 119 cm³/mol. The van der Waals surface area contributed by atoms with Crippen molar-refractivity contribution in [3.05, 3.63) is 48.0 Å². The number of nitrogens with one attached hydrogen (secondary N) is 1. The zero-order valence-electron chi connectivity index (χ0n) is 16.6. The highest BCUT2D eigenvalue weighted by Crippen LogP contribution is 2.35. The number of rotatable bonds is 8. The fourth-order valence-corrected chi connectivity index (χ4v) is 3.53. The summed E-state index contributed by atoms with van der Waals surface area (Å²) in [6.45, 7) is 7.55. The average Bonchev–Trinajstić information content (AvgIpc) is 3.06. The lowest BCUT2D eigenvalue weighted by molar-refractivity contribution is 0.415. The highest BCUT2D eigenvalue weighted by Gasteiger charge is 2.18. The fourth-order valence-electron chi connectivity index (χ4n) is 3.43. The zero-order chi connectivity index (χ0) is 20.1. The van der Waals surface area contributed by atoms with Crippen molar-refractivity contribution in [2.45, 2.75) is 20.4 Å². The molecule has 0 aliphatic carbocycles. The molecular weight excluding hydrogens is 368 g/mol. The van der Waals surface area contributed by atoms with Crippen LogP contribution in [0.5, 0.6) is 5.75 Å². The Bertz CT molecular complexity index is 988. The van der Waals surface area contributed by atoms with Crippen molar-refractivity contribution in [2.24, 2.45) is 0 Å². The Morgan fingerprint density at radius 1 is 1.18 bits per heavy atom. The minimum atomic E-state index is 0.703. The molecule has 1 aromatic heterocycles. The van der Waals surface area contributed by atoms with Gasteiger partial charge in [-0.15, -0.1) is 0 Å². The summed E-state index contributed by atoms with van der Waals surface area (Å²) in [7, 11) is 1.66. The molecule has 6 heteroatoms. The van der Waals surface area contributed by atoms with Crippen molar-refractivity contribution in [3.8, 4) is 23.1 Å². The van der Waals surface area contributed by atoms with Crippen LogP contribution in [0.2, 0.25) is 0 Å². The van der Waals surface area contributed by atoms with Crippen LogP contribution in [-0.2, 0) is 6.54 Å². The second kappa shape index (κ2) is 9.05. The molecule has 0 saturated carbocycles. The van der Waals surface area contributed by atoms with Gasteiger partial charge in [0.15, 0.2) is 0 Å². The topological polar surface area (TPSA) is 53.2 Å². The van der Waals surface area contributed by atoms with Gasteiger partial charge in [0.05, 0.1) is 23.9 Å². The van der Waals surface area contributed by atoms with Crippen molar-refractivity contribution in [2.75, 3.05) is 32.1 Å². The number of nitrogens with zero attached hydrogens (tertiary/aromatic N) is 3. The summed E-state index contributed by atoms with van der Waals surface area (Å²) in [5.41, 5.74) is 4.76. The van der Waals surface area contributed by atoms with E-state index in [1.54, 1.807) is 7.11 Å². The molecule has 146 valence electrons. The molecule has 0 unspecified atom stereocenters. The van der Waals surface area contributed by atoms with E-state index in [2.05, 4.69) is 66.9 Å². The smallest absolute Gasteiger partial charge is 0.120 e. The van der Waals surface area contributed by atoms with E-state index in [0.29, 0.717) is 5.56 Å². The summed E-state index contributed by atoms with van der Waals surface area (Å²) >= 11 is 4.37. The number of anilines is 1. The standard InChI is InChI=1S/C22H26N4OS/c1-4-25(28)13-12-24-17-8-6-16(7-9-17)22-20(15-23)19-11-10-18(27-3)14-21(19)26(22)5-2/h6-11,14,24,28H,4-5,12-13H2,1-3H3. The lowest BCUT2D eigenvalue weighted by Crippen LogP contribution is -2.20. The minimum absolute atomic E-state index is 0.703. The van der Waals surface area contributed by atoms with Crippen LogP contribution < -0.4 is 10.1 Å². The van der Waals surface area contributed by atoms with Gasteiger partial charge in [0, 0.05) is 43.3 Å². The predicted octanol–water partition coefficient (Wildman–Crippen LogP) is 4.79. The molecule has 2 aromatic carbocycles. The SMILES string of the molecule is CCN(S)CCNc1ccc(-c2c(C#N)c3ccc(OC)cc3n2CC)cc1. The Kier molecular flexibility index (Phi) is 6.50. The Morgan fingerprint density at radius 2 is 1.93 bits per heavy atom. The third-order valence-electron chi connectivity index (χ3n) is 4.92. The molecule has 5 nitrogen and oxygen atoms in total. The third kappa shape index (κ3) is 3.96. The average molecular weight is 395 g/mol. The molecule has 0 spiro atoms. The van der Waals surface area contributed by atoms with E-state index in [9.17, 15) is 5.26 Å². The third-order valence-corrected chi connectivity index (χ3v) is 5.41. The summed E-state index contributed by atoms with van der Waals surface area (Å²) in [6, 6.07) is 16.5. The number of methoxy groups -OCH3 is 1. The first-order chi connectivity index (χ1) is 13.6. The van der Waals surface area contributed by atoms with E-state index in [0.717, 1.165) is 59.8 Å². The van der Waals surface area contributed by atoms with Gasteiger partial charge in [-0.2, -0.15) is 5.26 Å². The van der Waals surface area contributed by atoms with Crippen LogP contribution in [0.25, 0.3) is 22.2 Å². The Balaban J connectivity index is 1.95. The van der Waals surface area contributed by atoms with Crippen molar-refractivity contribution >= 4 is 29.4 Å². The van der Waals surface area contributed by atoms with Gasteiger partial charge in [-0.3, -0.25) is 4.31 Å². The van der Waals surface area contributed by atoms with Crippen molar-refractivity contribution in [1.82, 2.24) is 8.87 Å². The molecule has 28 heavy (non-hydrogen) atoms. The van der Waals surface area contributed by atoms with Gasteiger partial charge in [0.2, 0.25) is 0 Å². The number of likely N-dealkylation sites (N-methyl/N-ethyl adjacent to an activating group) is 1. The number of hydrogen-bond acceptors (Lipinski definition) is 5. The van der Waals surface area contributed by atoms with E-state index in [1.165, 1.54) is 0 Å². The van der Waals surface area contributed by atoms with Gasteiger partial charge in [0.25, 0.3) is 0 Å². The summed E-state index contributed by atoms with van der Waals surface area (Å²) < 4.78 is 9.52. The number of ether oxygens (including phenoxy) is 1. The maximum absolute atomic E-state index is 9.84. The normalized spacial score (nSPS) is 11.0. The van der Waals surface area contributed by atoms with E-state index < -0.39 is 0 Å². The number of benzene rings is 2. The molecule has 0 aliphatic rings. The van der Waals surface area contributed by atoms with Gasteiger partial charge in [-0.05, 0) is 36.8 Å². The van der Waals surface area contributed by atoms with Crippen molar-refractivity contribution < 1.29 is 4.74 Å². The second-order valence-corrected chi connectivity index (χ2v) is 7.08. The molecule has 0 atom stereocenters. The van der Waals surface area contributed by atoms with Crippen LogP contribution in [0.15, 0.2) is 42.5 Å². The monoisotopic (exact) mass is 394 g/mol. The maximum Gasteiger partial charge on any atom is 0.120 e.